The second-order valence-electron chi connectivity index (χ2n) is 4.51. The van der Waals surface area contributed by atoms with Gasteiger partial charge in [0.05, 0.1) is 6.61 Å². The van der Waals surface area contributed by atoms with Gasteiger partial charge in [-0.25, -0.2) is 13.4 Å². The Hall–Kier alpha value is -0.980. The number of aliphatic hydroxyl groups excluding tert-OH is 1. The van der Waals surface area contributed by atoms with Gasteiger partial charge in [-0.1, -0.05) is 13.0 Å². The van der Waals surface area contributed by atoms with Gasteiger partial charge in [0.2, 0.25) is 0 Å². The molecule has 1 aliphatic carbocycles. The Labute approximate surface area is 108 Å². The van der Waals surface area contributed by atoms with Crippen molar-refractivity contribution in [2.45, 2.75) is 43.9 Å². The van der Waals surface area contributed by atoms with Crippen molar-refractivity contribution in [3.05, 3.63) is 23.9 Å². The number of sulfonamides is 1. The van der Waals surface area contributed by atoms with Crippen LogP contribution in [0.25, 0.3) is 0 Å². The normalized spacial score (nSPS) is 16.2. The Bertz CT molecular complexity index is 495. The molecule has 6 heteroatoms. The third kappa shape index (κ3) is 2.71. The molecule has 2 rings (SSSR count). The molecule has 0 atom stereocenters. The summed E-state index contributed by atoms with van der Waals surface area (Å²) in [6.07, 6.45) is 4.08. The van der Waals surface area contributed by atoms with Crippen LogP contribution in [0.2, 0.25) is 0 Å². The van der Waals surface area contributed by atoms with Crippen LogP contribution in [0.3, 0.4) is 0 Å². The highest BCUT2D eigenvalue weighted by atomic mass is 32.2. The fourth-order valence-corrected chi connectivity index (χ4v) is 3.55. The van der Waals surface area contributed by atoms with Crippen LogP contribution in [0.4, 0.5) is 0 Å². The van der Waals surface area contributed by atoms with E-state index in [2.05, 4.69) is 4.98 Å². The summed E-state index contributed by atoms with van der Waals surface area (Å²) in [7, 11) is -3.48. The van der Waals surface area contributed by atoms with E-state index in [0.29, 0.717) is 12.1 Å². The highest BCUT2D eigenvalue weighted by molar-refractivity contribution is 7.89. The molecule has 1 aliphatic rings. The van der Waals surface area contributed by atoms with E-state index in [1.165, 1.54) is 12.3 Å². The minimum absolute atomic E-state index is 0.0695. The molecular formula is C12H18N2O3S. The molecule has 1 fully saturated rings. The molecular weight excluding hydrogens is 252 g/mol. The molecule has 0 radical (unpaired) electrons. The van der Waals surface area contributed by atoms with Crippen LogP contribution in [-0.4, -0.2) is 35.4 Å². The van der Waals surface area contributed by atoms with E-state index in [-0.39, 0.29) is 17.7 Å². The summed E-state index contributed by atoms with van der Waals surface area (Å²) in [4.78, 5) is 3.94. The minimum atomic E-state index is -3.48. The average molecular weight is 270 g/mol. The van der Waals surface area contributed by atoms with E-state index < -0.39 is 10.0 Å². The van der Waals surface area contributed by atoms with E-state index >= 15 is 0 Å². The van der Waals surface area contributed by atoms with Gasteiger partial charge in [0, 0.05) is 18.8 Å². The maximum Gasteiger partial charge on any atom is 0.260 e. The number of nitrogens with zero attached hydrogens (tertiary/aromatic N) is 2. The van der Waals surface area contributed by atoms with Gasteiger partial charge in [0.1, 0.15) is 0 Å². The standard InChI is InChI=1S/C12H18N2O3S/c1-2-7-14(11-4-5-11)18(16,17)12-6-3-10(9-15)8-13-12/h3,6,8,11,15H,2,4-5,7,9H2,1H3. The molecule has 0 aliphatic heterocycles. The Morgan fingerprint density at radius 2 is 2.17 bits per heavy atom. The maximum absolute atomic E-state index is 12.4. The van der Waals surface area contributed by atoms with E-state index in [9.17, 15) is 8.42 Å². The SMILES string of the molecule is CCCN(C1CC1)S(=O)(=O)c1ccc(CO)cn1. The van der Waals surface area contributed by atoms with Crippen molar-refractivity contribution < 1.29 is 13.5 Å². The van der Waals surface area contributed by atoms with E-state index in [4.69, 9.17) is 5.11 Å². The van der Waals surface area contributed by atoms with Gasteiger partial charge in [0.15, 0.2) is 5.03 Å². The summed E-state index contributed by atoms with van der Waals surface area (Å²) in [5.41, 5.74) is 0.613. The van der Waals surface area contributed by atoms with Crippen molar-refractivity contribution >= 4 is 10.0 Å². The smallest absolute Gasteiger partial charge is 0.260 e. The molecule has 1 aromatic rings. The lowest BCUT2D eigenvalue weighted by Gasteiger charge is -2.20. The van der Waals surface area contributed by atoms with Crippen molar-refractivity contribution in [1.82, 2.24) is 9.29 Å². The first-order chi connectivity index (χ1) is 8.59. The van der Waals surface area contributed by atoms with Gasteiger partial charge >= 0.3 is 0 Å². The highest BCUT2D eigenvalue weighted by Crippen LogP contribution is 2.31. The molecule has 1 heterocycles. The zero-order valence-corrected chi connectivity index (χ0v) is 11.2. The van der Waals surface area contributed by atoms with Gasteiger partial charge in [-0.3, -0.25) is 0 Å². The lowest BCUT2D eigenvalue weighted by molar-refractivity contribution is 0.281. The topological polar surface area (TPSA) is 70.5 Å². The van der Waals surface area contributed by atoms with Crippen LogP contribution in [-0.2, 0) is 16.6 Å². The molecule has 1 N–H and O–H groups in total. The lowest BCUT2D eigenvalue weighted by Crippen LogP contribution is -2.34. The average Bonchev–Trinajstić information content (AvgIpc) is 3.20. The Morgan fingerprint density at radius 3 is 2.61 bits per heavy atom. The van der Waals surface area contributed by atoms with Crippen molar-refractivity contribution in [3.63, 3.8) is 0 Å². The maximum atomic E-state index is 12.4. The predicted octanol–water partition coefficient (Wildman–Crippen LogP) is 1.14. The Kier molecular flexibility index (Phi) is 3.99. The molecule has 0 spiro atoms. The van der Waals surface area contributed by atoms with E-state index in [0.717, 1.165) is 19.3 Å². The summed E-state index contributed by atoms with van der Waals surface area (Å²) < 4.78 is 26.4. The van der Waals surface area contributed by atoms with Crippen molar-refractivity contribution in [2.24, 2.45) is 0 Å². The molecule has 5 nitrogen and oxygen atoms in total. The molecule has 0 amide bonds. The fraction of sp³-hybridized carbons (Fsp3) is 0.583. The molecule has 1 aromatic heterocycles. The second-order valence-corrected chi connectivity index (χ2v) is 6.35. The summed E-state index contributed by atoms with van der Waals surface area (Å²) in [5, 5.41) is 8.99. The Morgan fingerprint density at radius 1 is 1.44 bits per heavy atom. The molecule has 0 saturated heterocycles. The molecule has 18 heavy (non-hydrogen) atoms. The van der Waals surface area contributed by atoms with Gasteiger partial charge in [-0.15, -0.1) is 0 Å². The van der Waals surface area contributed by atoms with Crippen LogP contribution in [0.5, 0.6) is 0 Å². The van der Waals surface area contributed by atoms with E-state index in [1.54, 1.807) is 10.4 Å². The van der Waals surface area contributed by atoms with Crippen molar-refractivity contribution in [1.29, 1.82) is 0 Å². The van der Waals surface area contributed by atoms with Crippen LogP contribution in [0, 0.1) is 0 Å². The summed E-state index contributed by atoms with van der Waals surface area (Å²) >= 11 is 0. The number of hydrogen-bond donors (Lipinski definition) is 1. The number of aliphatic hydroxyl groups is 1. The zero-order valence-electron chi connectivity index (χ0n) is 10.4. The quantitative estimate of drug-likeness (QED) is 0.841. The molecule has 100 valence electrons. The van der Waals surface area contributed by atoms with Gasteiger partial charge < -0.3 is 5.11 Å². The molecule has 1 saturated carbocycles. The third-order valence-corrected chi connectivity index (χ3v) is 4.82. The first-order valence-electron chi connectivity index (χ1n) is 6.17. The highest BCUT2D eigenvalue weighted by Gasteiger charge is 2.37. The number of pyridine rings is 1. The molecule has 0 aromatic carbocycles. The third-order valence-electron chi connectivity index (χ3n) is 2.95. The minimum Gasteiger partial charge on any atom is -0.392 e. The van der Waals surface area contributed by atoms with Crippen LogP contribution >= 0.6 is 0 Å². The van der Waals surface area contributed by atoms with Gasteiger partial charge in [0.25, 0.3) is 10.0 Å². The summed E-state index contributed by atoms with van der Waals surface area (Å²) in [5.74, 6) is 0. The van der Waals surface area contributed by atoms with Crippen LogP contribution < -0.4 is 0 Å². The largest absolute Gasteiger partial charge is 0.392 e. The second kappa shape index (κ2) is 5.34. The van der Waals surface area contributed by atoms with Crippen molar-refractivity contribution in [3.8, 4) is 0 Å². The molecule has 0 unspecified atom stereocenters. The van der Waals surface area contributed by atoms with Crippen LogP contribution in [0.1, 0.15) is 31.7 Å². The predicted molar refractivity (Wildman–Crippen MR) is 67.4 cm³/mol. The zero-order chi connectivity index (χ0) is 13.2. The first-order valence-corrected chi connectivity index (χ1v) is 7.61. The van der Waals surface area contributed by atoms with Crippen molar-refractivity contribution in [2.75, 3.05) is 6.54 Å². The van der Waals surface area contributed by atoms with E-state index in [1.807, 2.05) is 6.92 Å². The summed E-state index contributed by atoms with van der Waals surface area (Å²) in [6.45, 7) is 2.37. The van der Waals surface area contributed by atoms with Gasteiger partial charge in [-0.2, -0.15) is 4.31 Å². The Balaban J connectivity index is 2.27. The summed E-state index contributed by atoms with van der Waals surface area (Å²) in [6, 6.07) is 3.21. The van der Waals surface area contributed by atoms with Crippen LogP contribution in [0.15, 0.2) is 23.4 Å². The number of aromatic nitrogens is 1. The lowest BCUT2D eigenvalue weighted by atomic mass is 10.3. The number of hydrogen-bond acceptors (Lipinski definition) is 4. The molecule has 0 bridgehead atoms. The first kappa shape index (κ1) is 13.5. The number of rotatable bonds is 6. The van der Waals surface area contributed by atoms with Gasteiger partial charge in [-0.05, 0) is 30.9 Å². The fourth-order valence-electron chi connectivity index (χ4n) is 1.86. The monoisotopic (exact) mass is 270 g/mol.